The van der Waals surface area contributed by atoms with Crippen LogP contribution in [0.3, 0.4) is 0 Å². The molecule has 2 fully saturated rings. The third kappa shape index (κ3) is 5.26. The van der Waals surface area contributed by atoms with E-state index in [9.17, 15) is 26.7 Å². The highest BCUT2D eigenvalue weighted by Gasteiger charge is 2.37. The lowest BCUT2D eigenvalue weighted by Gasteiger charge is -2.41. The molecule has 0 heterocycles. The van der Waals surface area contributed by atoms with Gasteiger partial charge < -0.3 is 9.47 Å². The normalized spacial score (nSPS) is 24.4. The molecule has 2 aliphatic rings. The summed E-state index contributed by atoms with van der Waals surface area (Å²) in [5.41, 5.74) is -0.382. The number of benzene rings is 2. The monoisotopic (exact) mass is 480 g/mol. The molecule has 8 heteroatoms. The Morgan fingerprint density at radius 1 is 0.941 bits per heavy atom. The first kappa shape index (κ1) is 24.2. The van der Waals surface area contributed by atoms with Gasteiger partial charge in [0.05, 0.1) is 5.56 Å². The lowest BCUT2D eigenvalue weighted by Crippen LogP contribution is -2.30. The second-order valence-electron chi connectivity index (χ2n) is 9.05. The summed E-state index contributed by atoms with van der Waals surface area (Å²) in [6.45, 7) is 0.668. The van der Waals surface area contributed by atoms with Crippen molar-refractivity contribution in [3.8, 4) is 11.5 Å². The van der Waals surface area contributed by atoms with E-state index < -0.39 is 35.8 Å². The molecule has 0 spiro atoms. The molecule has 4 unspecified atom stereocenters. The van der Waals surface area contributed by atoms with Crippen LogP contribution in [0.5, 0.6) is 11.5 Å². The van der Waals surface area contributed by atoms with Crippen molar-refractivity contribution in [2.75, 3.05) is 0 Å². The molecule has 0 amide bonds. The van der Waals surface area contributed by atoms with Crippen molar-refractivity contribution >= 4 is 5.97 Å². The zero-order valence-electron chi connectivity index (χ0n) is 18.4. The Morgan fingerprint density at radius 2 is 1.62 bits per heavy atom. The molecule has 4 rings (SSSR count). The maximum atomic E-state index is 15.0. The number of ether oxygens (including phenoxy) is 2. The van der Waals surface area contributed by atoms with E-state index in [-0.39, 0.29) is 22.8 Å². The molecule has 2 aromatic carbocycles. The van der Waals surface area contributed by atoms with Crippen molar-refractivity contribution in [2.24, 2.45) is 17.8 Å². The van der Waals surface area contributed by atoms with Crippen LogP contribution in [0.15, 0.2) is 43.0 Å². The van der Waals surface area contributed by atoms with Gasteiger partial charge in [-0.25, -0.2) is 18.0 Å². The molecule has 0 aromatic heterocycles. The first-order valence-electron chi connectivity index (χ1n) is 11.3. The summed E-state index contributed by atoms with van der Waals surface area (Å²) < 4.78 is 77.2. The number of fused-ring (bicyclic) bond motifs is 1. The Kier molecular flexibility index (Phi) is 7.24. The van der Waals surface area contributed by atoms with E-state index in [1.54, 1.807) is 0 Å². The first-order chi connectivity index (χ1) is 16.2. The Bertz CT molecular complexity index is 1050. The van der Waals surface area contributed by atoms with Gasteiger partial charge in [0, 0.05) is 11.6 Å². The van der Waals surface area contributed by atoms with Crippen molar-refractivity contribution < 1.29 is 36.2 Å². The molecule has 3 nitrogen and oxygen atoms in total. The average Bonchev–Trinajstić information content (AvgIpc) is 2.79. The van der Waals surface area contributed by atoms with Gasteiger partial charge >= 0.3 is 12.6 Å². The van der Waals surface area contributed by atoms with Crippen LogP contribution < -0.4 is 9.47 Å². The molecule has 182 valence electrons. The smallest absolute Gasteiger partial charge is 0.387 e. The largest absolute Gasteiger partial charge is 0.432 e. The molecule has 2 aliphatic carbocycles. The summed E-state index contributed by atoms with van der Waals surface area (Å²) in [7, 11) is 0. The van der Waals surface area contributed by atoms with Gasteiger partial charge in [-0.05, 0) is 86.5 Å². The van der Waals surface area contributed by atoms with Crippen LogP contribution in [0.25, 0.3) is 0 Å². The van der Waals surface area contributed by atoms with E-state index in [0.29, 0.717) is 36.7 Å². The van der Waals surface area contributed by atoms with Gasteiger partial charge in [0.2, 0.25) is 0 Å². The summed E-state index contributed by atoms with van der Waals surface area (Å²) in [6, 6.07) is 4.43. The number of carbonyl (C=O) groups is 1. The molecule has 0 radical (unpaired) electrons. The predicted octanol–water partition coefficient (Wildman–Crippen LogP) is 7.41. The molecule has 0 bridgehead atoms. The van der Waals surface area contributed by atoms with Crippen LogP contribution in [0.1, 0.15) is 60.4 Å². The summed E-state index contributed by atoms with van der Waals surface area (Å²) in [4.78, 5) is 12.4. The van der Waals surface area contributed by atoms with Crippen molar-refractivity contribution in [3.63, 3.8) is 0 Å². The van der Waals surface area contributed by atoms with E-state index in [2.05, 4.69) is 11.3 Å². The quantitative estimate of drug-likeness (QED) is 0.187. The van der Waals surface area contributed by atoms with Crippen LogP contribution in [0.4, 0.5) is 22.0 Å². The van der Waals surface area contributed by atoms with Crippen LogP contribution in [0.2, 0.25) is 0 Å². The van der Waals surface area contributed by atoms with Gasteiger partial charge in [-0.2, -0.15) is 8.78 Å². The molecule has 34 heavy (non-hydrogen) atoms. The fraction of sp³-hybridized carbons (Fsp3) is 0.423. The number of halogens is 5. The zero-order chi connectivity index (χ0) is 24.4. The van der Waals surface area contributed by atoms with E-state index in [1.165, 1.54) is 0 Å². The fourth-order valence-electron chi connectivity index (χ4n) is 5.40. The van der Waals surface area contributed by atoms with E-state index >= 15 is 0 Å². The highest BCUT2D eigenvalue weighted by molar-refractivity contribution is 5.91. The van der Waals surface area contributed by atoms with E-state index in [0.717, 1.165) is 49.9 Å². The zero-order valence-corrected chi connectivity index (χ0v) is 18.4. The molecule has 2 saturated carbocycles. The summed E-state index contributed by atoms with van der Waals surface area (Å²) >= 11 is 0. The molecular formula is C26H25F5O3. The summed E-state index contributed by atoms with van der Waals surface area (Å²) in [5.74, 6) is -3.72. The van der Waals surface area contributed by atoms with Crippen molar-refractivity contribution in [1.82, 2.24) is 0 Å². The van der Waals surface area contributed by atoms with Crippen molar-refractivity contribution in [2.45, 2.75) is 51.1 Å². The van der Waals surface area contributed by atoms with Crippen LogP contribution in [-0.4, -0.2) is 12.6 Å². The lowest BCUT2D eigenvalue weighted by atomic mass is 9.64. The van der Waals surface area contributed by atoms with E-state index in [1.807, 2.05) is 6.08 Å². The first-order valence-corrected chi connectivity index (χ1v) is 11.3. The number of allylic oxidation sites excluding steroid dienone is 1. The number of hydrogen-bond donors (Lipinski definition) is 0. The summed E-state index contributed by atoms with van der Waals surface area (Å²) in [5, 5.41) is 0. The minimum Gasteiger partial charge on any atom is -0.432 e. The highest BCUT2D eigenvalue weighted by Crippen LogP contribution is 2.48. The molecule has 0 saturated heterocycles. The van der Waals surface area contributed by atoms with Crippen LogP contribution >= 0.6 is 0 Å². The van der Waals surface area contributed by atoms with Crippen LogP contribution in [0, 0.1) is 35.2 Å². The van der Waals surface area contributed by atoms with E-state index in [4.69, 9.17) is 4.74 Å². The molecule has 0 aliphatic heterocycles. The van der Waals surface area contributed by atoms with Gasteiger partial charge in [0.1, 0.15) is 17.4 Å². The third-order valence-electron chi connectivity index (χ3n) is 7.04. The summed E-state index contributed by atoms with van der Waals surface area (Å²) in [6.07, 6.45) is 7.42. The van der Waals surface area contributed by atoms with Crippen molar-refractivity contribution in [1.29, 1.82) is 0 Å². The SMILES string of the molecule is C=CC1CCC2CC(c3c(F)cc(C(=O)Oc4ccc(OC(F)F)c(F)c4)cc3F)CCC2C1. The minimum atomic E-state index is -3.22. The number of rotatable bonds is 6. The number of esters is 1. The Morgan fingerprint density at radius 3 is 2.26 bits per heavy atom. The number of alkyl halides is 2. The van der Waals surface area contributed by atoms with Gasteiger partial charge in [0.25, 0.3) is 0 Å². The van der Waals surface area contributed by atoms with Crippen LogP contribution in [-0.2, 0) is 0 Å². The Balaban J connectivity index is 1.46. The van der Waals surface area contributed by atoms with Gasteiger partial charge in [0.15, 0.2) is 11.6 Å². The molecule has 2 aromatic rings. The molecular weight excluding hydrogens is 455 g/mol. The number of hydrogen-bond acceptors (Lipinski definition) is 3. The molecule has 0 N–H and O–H groups in total. The second-order valence-corrected chi connectivity index (χ2v) is 9.05. The standard InChI is InChI=1S/C26H25F5O3/c1-2-14-3-4-16-10-17(6-5-15(16)9-14)24-21(28)11-18(12-22(24)29)25(32)33-19-7-8-23(20(27)13-19)34-26(30)31/h2,7-8,11-17,26H,1,3-6,9-10H2. The fourth-order valence-corrected chi connectivity index (χ4v) is 5.40. The minimum absolute atomic E-state index is 0.0135. The molecule has 4 atom stereocenters. The Hall–Kier alpha value is -2.90. The predicted molar refractivity (Wildman–Crippen MR) is 115 cm³/mol. The van der Waals surface area contributed by atoms with Gasteiger partial charge in [-0.15, -0.1) is 6.58 Å². The lowest BCUT2D eigenvalue weighted by molar-refractivity contribution is -0.0522. The topological polar surface area (TPSA) is 35.5 Å². The third-order valence-corrected chi connectivity index (χ3v) is 7.04. The maximum absolute atomic E-state index is 15.0. The Labute approximate surface area is 194 Å². The van der Waals surface area contributed by atoms with Gasteiger partial charge in [-0.1, -0.05) is 6.08 Å². The average molecular weight is 480 g/mol. The second kappa shape index (κ2) is 10.2. The highest BCUT2D eigenvalue weighted by atomic mass is 19.3. The van der Waals surface area contributed by atoms with Gasteiger partial charge in [-0.3, -0.25) is 0 Å². The number of carbonyl (C=O) groups excluding carboxylic acids is 1. The maximum Gasteiger partial charge on any atom is 0.387 e. The van der Waals surface area contributed by atoms with Crippen molar-refractivity contribution in [3.05, 3.63) is 71.6 Å².